The van der Waals surface area contributed by atoms with Crippen molar-refractivity contribution >= 4 is 21.6 Å². The van der Waals surface area contributed by atoms with Crippen molar-refractivity contribution in [2.45, 2.75) is 66.3 Å². The van der Waals surface area contributed by atoms with Crippen LogP contribution in [0.3, 0.4) is 0 Å². The van der Waals surface area contributed by atoms with E-state index < -0.39 is 10.0 Å². The number of aryl methyl sites for hydroxylation is 2. The molecule has 0 saturated heterocycles. The fourth-order valence-corrected chi connectivity index (χ4v) is 4.91. The van der Waals surface area contributed by atoms with Gasteiger partial charge in [-0.2, -0.15) is 0 Å². The first-order valence-electron chi connectivity index (χ1n) is 11.6. The van der Waals surface area contributed by atoms with Crippen LogP contribution in [0, 0.1) is 12.8 Å². The Labute approximate surface area is 194 Å². The molecule has 2 aromatic rings. The summed E-state index contributed by atoms with van der Waals surface area (Å²) in [6.45, 7) is 9.22. The molecule has 0 aliphatic heterocycles. The molecule has 0 aliphatic rings. The van der Waals surface area contributed by atoms with Crippen LogP contribution in [-0.4, -0.2) is 27.1 Å². The Kier molecular flexibility index (Phi) is 9.76. The molecule has 32 heavy (non-hydrogen) atoms. The van der Waals surface area contributed by atoms with E-state index >= 15 is 0 Å². The first-order valence-corrected chi connectivity index (χ1v) is 13.5. The molecule has 176 valence electrons. The molecule has 2 aromatic carbocycles. The molecule has 0 fully saturated rings. The van der Waals surface area contributed by atoms with Crippen molar-refractivity contribution in [3.63, 3.8) is 0 Å². The van der Waals surface area contributed by atoms with E-state index in [0.29, 0.717) is 18.0 Å². The maximum atomic E-state index is 12.6. The molecule has 1 amide bonds. The molecule has 1 unspecified atom stereocenters. The summed E-state index contributed by atoms with van der Waals surface area (Å²) in [5.74, 6) is 0.419. The Morgan fingerprint density at radius 2 is 1.75 bits per heavy atom. The van der Waals surface area contributed by atoms with E-state index in [2.05, 4.69) is 19.2 Å². The van der Waals surface area contributed by atoms with Gasteiger partial charge in [0.25, 0.3) is 5.91 Å². The van der Waals surface area contributed by atoms with E-state index in [-0.39, 0.29) is 12.5 Å². The Morgan fingerprint density at radius 1 is 1.06 bits per heavy atom. The lowest BCUT2D eigenvalue weighted by Gasteiger charge is -2.27. The minimum absolute atomic E-state index is 0.0846. The number of carbonyl (C=O) groups is 1. The molecule has 0 aliphatic carbocycles. The number of hydrogen-bond acceptors (Lipinski definition) is 3. The number of hydrogen-bond donors (Lipinski definition) is 1. The third kappa shape index (κ3) is 7.09. The van der Waals surface area contributed by atoms with Gasteiger partial charge >= 0.3 is 0 Å². The van der Waals surface area contributed by atoms with Crippen LogP contribution in [-0.2, 0) is 23.0 Å². The molecule has 0 bridgehead atoms. The summed E-state index contributed by atoms with van der Waals surface area (Å²) in [6, 6.07) is 13.1. The number of nitrogens with one attached hydrogen (secondary N) is 1. The van der Waals surface area contributed by atoms with Gasteiger partial charge in [-0.15, -0.1) is 0 Å². The van der Waals surface area contributed by atoms with Gasteiger partial charge in [-0.3, -0.25) is 9.10 Å². The van der Waals surface area contributed by atoms with Crippen LogP contribution in [0.2, 0.25) is 0 Å². The summed E-state index contributed by atoms with van der Waals surface area (Å²) >= 11 is 0. The number of anilines is 1. The smallest absolute Gasteiger partial charge is 0.251 e. The van der Waals surface area contributed by atoms with Gasteiger partial charge in [0, 0.05) is 12.1 Å². The van der Waals surface area contributed by atoms with E-state index in [1.165, 1.54) is 23.4 Å². The van der Waals surface area contributed by atoms with Gasteiger partial charge < -0.3 is 5.32 Å². The topological polar surface area (TPSA) is 66.5 Å². The van der Waals surface area contributed by atoms with Gasteiger partial charge in [0.15, 0.2) is 0 Å². The van der Waals surface area contributed by atoms with Gasteiger partial charge in [-0.1, -0.05) is 70.4 Å². The van der Waals surface area contributed by atoms with Crippen molar-refractivity contribution in [3.8, 4) is 0 Å². The number of para-hydroxylation sites is 1. The number of unbranched alkanes of at least 4 members (excludes halogenated alkanes) is 1. The van der Waals surface area contributed by atoms with Crippen LogP contribution in [0.1, 0.15) is 73.5 Å². The van der Waals surface area contributed by atoms with Gasteiger partial charge in [-0.25, -0.2) is 8.42 Å². The molecule has 1 N–H and O–H groups in total. The average molecular weight is 459 g/mol. The SMILES string of the molecule is CCCCC(CC)CNC(=O)c1ccc(CN(c2c(C)cccc2CC)S(C)(=O)=O)cc1. The number of carbonyl (C=O) groups excluding carboxylic acids is 1. The third-order valence-corrected chi connectivity index (χ3v) is 7.10. The summed E-state index contributed by atoms with van der Waals surface area (Å²) < 4.78 is 26.8. The fraction of sp³-hybridized carbons (Fsp3) is 0.500. The van der Waals surface area contributed by atoms with Gasteiger partial charge in [-0.05, 0) is 54.5 Å². The summed E-state index contributed by atoms with van der Waals surface area (Å²) in [4.78, 5) is 12.6. The molecular formula is C26H38N2O3S. The van der Waals surface area contributed by atoms with Crippen molar-refractivity contribution in [1.29, 1.82) is 0 Å². The second-order valence-electron chi connectivity index (χ2n) is 8.53. The molecule has 5 nitrogen and oxygen atoms in total. The Morgan fingerprint density at radius 3 is 2.31 bits per heavy atom. The van der Waals surface area contributed by atoms with Gasteiger partial charge in [0.2, 0.25) is 10.0 Å². The summed E-state index contributed by atoms with van der Waals surface area (Å²) in [5, 5.41) is 3.05. The zero-order valence-electron chi connectivity index (χ0n) is 20.1. The van der Waals surface area contributed by atoms with Crippen molar-refractivity contribution in [3.05, 3.63) is 64.7 Å². The lowest BCUT2D eigenvalue weighted by Crippen LogP contribution is -2.31. The molecule has 2 rings (SSSR count). The molecule has 0 heterocycles. The van der Waals surface area contributed by atoms with E-state index in [1.807, 2.05) is 44.2 Å². The minimum atomic E-state index is -3.47. The number of nitrogens with zero attached hydrogens (tertiary/aromatic N) is 1. The van der Waals surface area contributed by atoms with Crippen LogP contribution >= 0.6 is 0 Å². The second kappa shape index (κ2) is 12.0. The summed E-state index contributed by atoms with van der Waals surface area (Å²) in [7, 11) is -3.47. The lowest BCUT2D eigenvalue weighted by atomic mass is 9.99. The van der Waals surface area contributed by atoms with E-state index in [0.717, 1.165) is 41.6 Å². The van der Waals surface area contributed by atoms with Crippen molar-refractivity contribution < 1.29 is 13.2 Å². The highest BCUT2D eigenvalue weighted by molar-refractivity contribution is 7.92. The van der Waals surface area contributed by atoms with E-state index in [4.69, 9.17) is 0 Å². The maximum Gasteiger partial charge on any atom is 0.251 e. The molecule has 0 radical (unpaired) electrons. The predicted octanol–water partition coefficient (Wildman–Crippen LogP) is 5.47. The first-order chi connectivity index (χ1) is 15.2. The van der Waals surface area contributed by atoms with Gasteiger partial charge in [0.1, 0.15) is 0 Å². The lowest BCUT2D eigenvalue weighted by molar-refractivity contribution is 0.0946. The quantitative estimate of drug-likeness (QED) is 0.459. The Bertz CT molecular complexity index is 985. The van der Waals surface area contributed by atoms with Crippen LogP contribution in [0.4, 0.5) is 5.69 Å². The standard InChI is InChI=1S/C26H38N2O3S/c1-6-9-12-21(7-2)18-27-26(29)24-16-14-22(15-17-24)19-28(32(5,30)31)25-20(4)11-10-13-23(25)8-3/h10-11,13-17,21H,6-9,12,18-19H2,1-5H3,(H,27,29). The predicted molar refractivity (Wildman–Crippen MR) is 134 cm³/mol. The van der Waals surface area contributed by atoms with Crippen LogP contribution < -0.4 is 9.62 Å². The highest BCUT2D eigenvalue weighted by Gasteiger charge is 2.22. The van der Waals surface area contributed by atoms with Gasteiger partial charge in [0.05, 0.1) is 18.5 Å². The molecule has 1 atom stereocenters. The van der Waals surface area contributed by atoms with Crippen molar-refractivity contribution in [1.82, 2.24) is 5.32 Å². The van der Waals surface area contributed by atoms with Crippen molar-refractivity contribution in [2.24, 2.45) is 5.92 Å². The Hall–Kier alpha value is -2.34. The number of benzene rings is 2. The molecule has 6 heteroatoms. The highest BCUT2D eigenvalue weighted by Crippen LogP contribution is 2.29. The molecular weight excluding hydrogens is 420 g/mol. The fourth-order valence-electron chi connectivity index (χ4n) is 3.93. The van der Waals surface area contributed by atoms with Crippen molar-refractivity contribution in [2.75, 3.05) is 17.1 Å². The molecule has 0 saturated carbocycles. The minimum Gasteiger partial charge on any atom is -0.352 e. The second-order valence-corrected chi connectivity index (χ2v) is 10.4. The largest absolute Gasteiger partial charge is 0.352 e. The maximum absolute atomic E-state index is 12.6. The van der Waals surface area contributed by atoms with Crippen LogP contribution in [0.15, 0.2) is 42.5 Å². The summed E-state index contributed by atoms with van der Waals surface area (Å²) in [5.41, 5.74) is 4.11. The Balaban J connectivity index is 2.15. The molecule has 0 spiro atoms. The normalized spacial score (nSPS) is 12.4. The zero-order valence-corrected chi connectivity index (χ0v) is 21.0. The average Bonchev–Trinajstić information content (AvgIpc) is 2.77. The first kappa shape index (κ1) is 25.9. The summed E-state index contributed by atoms with van der Waals surface area (Å²) in [6.07, 6.45) is 6.52. The number of rotatable bonds is 12. The molecule has 0 aromatic heterocycles. The van der Waals surface area contributed by atoms with E-state index in [9.17, 15) is 13.2 Å². The van der Waals surface area contributed by atoms with Crippen LogP contribution in [0.25, 0.3) is 0 Å². The highest BCUT2D eigenvalue weighted by atomic mass is 32.2. The van der Waals surface area contributed by atoms with E-state index in [1.54, 1.807) is 12.1 Å². The van der Waals surface area contributed by atoms with Crippen LogP contribution in [0.5, 0.6) is 0 Å². The third-order valence-electron chi connectivity index (χ3n) is 5.99. The monoisotopic (exact) mass is 458 g/mol. The zero-order chi connectivity index (χ0) is 23.7. The number of amides is 1. The number of sulfonamides is 1.